The van der Waals surface area contributed by atoms with Gasteiger partial charge in [0.15, 0.2) is 0 Å². The highest BCUT2D eigenvalue weighted by molar-refractivity contribution is 7.89. The van der Waals surface area contributed by atoms with Gasteiger partial charge >= 0.3 is 11.9 Å². The molecule has 3 N–H and O–H groups in total. The van der Waals surface area contributed by atoms with Crippen LogP contribution in [0, 0.1) is 0 Å². The van der Waals surface area contributed by atoms with Gasteiger partial charge in [-0.25, -0.2) is 13.1 Å². The monoisotopic (exact) mass is 282 g/mol. The summed E-state index contributed by atoms with van der Waals surface area (Å²) < 4.78 is 28.7. The van der Waals surface area contributed by atoms with Gasteiger partial charge in [-0.15, -0.1) is 0 Å². The quantitative estimate of drug-likeness (QED) is 0.424. The Morgan fingerprint density at radius 1 is 1.22 bits per heavy atom. The lowest BCUT2D eigenvalue weighted by Crippen LogP contribution is -2.39. The minimum atomic E-state index is -3.78. The number of nitrogens with one attached hydrogen (secondary N) is 2. The summed E-state index contributed by atoms with van der Waals surface area (Å²) in [6.45, 7) is -1.18. The Kier molecular flexibility index (Phi) is 6.90. The molecular weight excluding hydrogens is 268 g/mol. The molecule has 0 bridgehead atoms. The molecule has 0 aromatic rings. The molecule has 0 aliphatic carbocycles. The molecule has 0 heterocycles. The lowest BCUT2D eigenvalue weighted by molar-refractivity contribution is -0.140. The van der Waals surface area contributed by atoms with Crippen molar-refractivity contribution < 1.29 is 32.6 Å². The fourth-order valence-corrected chi connectivity index (χ4v) is 1.73. The van der Waals surface area contributed by atoms with Gasteiger partial charge in [0.2, 0.25) is 15.9 Å². The zero-order chi connectivity index (χ0) is 14.2. The van der Waals surface area contributed by atoms with Crippen LogP contribution in [0.25, 0.3) is 0 Å². The van der Waals surface area contributed by atoms with Crippen LogP contribution in [0.1, 0.15) is 6.42 Å². The largest absolute Gasteiger partial charge is 0.480 e. The number of aliphatic carboxylic acids is 1. The first kappa shape index (κ1) is 16.3. The highest BCUT2D eigenvalue weighted by atomic mass is 32.2. The Balaban J connectivity index is 3.99. The summed E-state index contributed by atoms with van der Waals surface area (Å²) >= 11 is 0. The number of carbonyl (C=O) groups excluding carboxylic acids is 2. The third-order valence-corrected chi connectivity index (χ3v) is 3.02. The van der Waals surface area contributed by atoms with Crippen molar-refractivity contribution in [3.05, 3.63) is 0 Å². The minimum Gasteiger partial charge on any atom is -0.480 e. The van der Waals surface area contributed by atoms with Gasteiger partial charge in [0, 0.05) is 0 Å². The van der Waals surface area contributed by atoms with Gasteiger partial charge in [0.25, 0.3) is 0 Å². The van der Waals surface area contributed by atoms with Crippen LogP contribution in [0.3, 0.4) is 0 Å². The first-order valence-corrected chi connectivity index (χ1v) is 6.44. The van der Waals surface area contributed by atoms with Crippen molar-refractivity contribution >= 4 is 27.9 Å². The van der Waals surface area contributed by atoms with E-state index in [1.165, 1.54) is 0 Å². The van der Waals surface area contributed by atoms with E-state index in [1.807, 2.05) is 10.0 Å². The number of amides is 1. The van der Waals surface area contributed by atoms with E-state index in [0.717, 1.165) is 7.11 Å². The lowest BCUT2D eigenvalue weighted by atomic mass is 10.5. The van der Waals surface area contributed by atoms with E-state index >= 15 is 0 Å². The number of methoxy groups -OCH3 is 1. The molecule has 1 amide bonds. The number of rotatable bonds is 8. The topological polar surface area (TPSA) is 139 Å². The van der Waals surface area contributed by atoms with E-state index in [-0.39, 0.29) is 6.42 Å². The zero-order valence-electron chi connectivity index (χ0n) is 9.63. The SMILES string of the molecule is COC(=O)CCS(=O)(=O)NCC(=O)NCC(=O)O. The van der Waals surface area contributed by atoms with Crippen molar-refractivity contribution in [2.24, 2.45) is 0 Å². The van der Waals surface area contributed by atoms with Crippen LogP contribution < -0.4 is 10.0 Å². The summed E-state index contributed by atoms with van der Waals surface area (Å²) in [5.74, 6) is -3.21. The molecule has 18 heavy (non-hydrogen) atoms. The first-order chi connectivity index (χ1) is 8.26. The van der Waals surface area contributed by atoms with Crippen LogP contribution in [0.5, 0.6) is 0 Å². The number of carbonyl (C=O) groups is 3. The Bertz CT molecular complexity index is 417. The van der Waals surface area contributed by atoms with Crippen LogP contribution in [-0.4, -0.2) is 57.3 Å². The predicted octanol–water partition coefficient (Wildman–Crippen LogP) is -2.33. The van der Waals surface area contributed by atoms with E-state index in [1.54, 1.807) is 0 Å². The molecule has 0 aliphatic heterocycles. The molecule has 0 aromatic heterocycles. The second-order valence-corrected chi connectivity index (χ2v) is 5.06. The number of sulfonamides is 1. The molecule has 0 saturated heterocycles. The standard InChI is InChI=1S/C8H14N2O7S/c1-17-8(14)2-3-18(15,16)10-4-6(11)9-5-7(12)13/h10H,2-5H2,1H3,(H,9,11)(H,12,13). The Morgan fingerprint density at radius 2 is 1.83 bits per heavy atom. The molecule has 0 rings (SSSR count). The molecule has 104 valence electrons. The summed E-state index contributed by atoms with van der Waals surface area (Å²) in [6.07, 6.45) is -0.331. The first-order valence-electron chi connectivity index (χ1n) is 4.79. The highest BCUT2D eigenvalue weighted by Crippen LogP contribution is 1.91. The number of hydrogen-bond donors (Lipinski definition) is 3. The molecule has 0 spiro atoms. The molecular formula is C8H14N2O7S. The molecule has 9 nitrogen and oxygen atoms in total. The second-order valence-electron chi connectivity index (χ2n) is 3.14. The molecule has 0 saturated carbocycles. The number of ether oxygens (including phenoxy) is 1. The Hall–Kier alpha value is -1.68. The van der Waals surface area contributed by atoms with Crippen molar-refractivity contribution in [1.29, 1.82) is 0 Å². The molecule has 0 radical (unpaired) electrons. The van der Waals surface area contributed by atoms with Gasteiger partial charge in [-0.2, -0.15) is 0 Å². The van der Waals surface area contributed by atoms with Crippen molar-refractivity contribution in [3.63, 3.8) is 0 Å². The minimum absolute atomic E-state index is 0.331. The van der Waals surface area contributed by atoms with Crippen LogP contribution in [0.15, 0.2) is 0 Å². The van der Waals surface area contributed by atoms with E-state index in [4.69, 9.17) is 5.11 Å². The maximum atomic E-state index is 11.3. The Labute approximate surface area is 104 Å². The van der Waals surface area contributed by atoms with Gasteiger partial charge in [0.05, 0.1) is 25.8 Å². The van der Waals surface area contributed by atoms with Crippen molar-refractivity contribution in [2.75, 3.05) is 26.0 Å². The maximum Gasteiger partial charge on any atom is 0.322 e. The number of carboxylic acids is 1. The summed E-state index contributed by atoms with van der Waals surface area (Å²) in [7, 11) is -2.65. The number of esters is 1. The number of carboxylic acid groups (broad SMARTS) is 1. The lowest BCUT2D eigenvalue weighted by Gasteiger charge is -2.06. The van der Waals surface area contributed by atoms with Gasteiger partial charge in [-0.3, -0.25) is 14.4 Å². The van der Waals surface area contributed by atoms with Crippen LogP contribution in [0.4, 0.5) is 0 Å². The second kappa shape index (κ2) is 7.61. The van der Waals surface area contributed by atoms with Gasteiger partial charge < -0.3 is 15.2 Å². The van der Waals surface area contributed by atoms with Gasteiger partial charge in [0.1, 0.15) is 6.54 Å². The molecule has 0 atom stereocenters. The summed E-state index contributed by atoms with van der Waals surface area (Å²) in [5.41, 5.74) is 0. The average molecular weight is 282 g/mol. The fraction of sp³-hybridized carbons (Fsp3) is 0.625. The Morgan fingerprint density at radius 3 is 2.33 bits per heavy atom. The van der Waals surface area contributed by atoms with Crippen molar-refractivity contribution in [2.45, 2.75) is 6.42 Å². The van der Waals surface area contributed by atoms with Gasteiger partial charge in [-0.1, -0.05) is 0 Å². The van der Waals surface area contributed by atoms with E-state index in [2.05, 4.69) is 4.74 Å². The predicted molar refractivity (Wildman–Crippen MR) is 59.1 cm³/mol. The normalized spacial score (nSPS) is 10.7. The molecule has 10 heteroatoms. The molecule has 0 aromatic carbocycles. The summed E-state index contributed by atoms with van der Waals surface area (Å²) in [5, 5.41) is 10.2. The third-order valence-electron chi connectivity index (χ3n) is 1.69. The molecule has 0 fully saturated rings. The number of hydrogen-bond acceptors (Lipinski definition) is 6. The smallest absolute Gasteiger partial charge is 0.322 e. The van der Waals surface area contributed by atoms with E-state index in [9.17, 15) is 22.8 Å². The van der Waals surface area contributed by atoms with Crippen LogP contribution in [-0.2, 0) is 29.1 Å². The maximum absolute atomic E-state index is 11.3. The van der Waals surface area contributed by atoms with Crippen molar-refractivity contribution in [3.8, 4) is 0 Å². The summed E-state index contributed by atoms with van der Waals surface area (Å²) in [6, 6.07) is 0. The molecule has 0 unspecified atom stereocenters. The zero-order valence-corrected chi connectivity index (χ0v) is 10.4. The summed E-state index contributed by atoms with van der Waals surface area (Å²) in [4.78, 5) is 31.8. The molecule has 0 aliphatic rings. The average Bonchev–Trinajstić information content (AvgIpc) is 2.31. The third kappa shape index (κ3) is 8.47. The van der Waals surface area contributed by atoms with E-state index < -0.39 is 46.7 Å². The van der Waals surface area contributed by atoms with Crippen LogP contribution in [0.2, 0.25) is 0 Å². The van der Waals surface area contributed by atoms with Gasteiger partial charge in [-0.05, 0) is 0 Å². The van der Waals surface area contributed by atoms with Crippen LogP contribution >= 0.6 is 0 Å². The van der Waals surface area contributed by atoms with Crippen molar-refractivity contribution in [1.82, 2.24) is 10.0 Å². The fourth-order valence-electron chi connectivity index (χ4n) is 0.804. The highest BCUT2D eigenvalue weighted by Gasteiger charge is 2.15. The van der Waals surface area contributed by atoms with E-state index in [0.29, 0.717) is 0 Å².